The Labute approximate surface area is 182 Å². The minimum absolute atomic E-state index is 0.0748. The number of alkyl halides is 3. The molecule has 2 aromatic rings. The van der Waals surface area contributed by atoms with Gasteiger partial charge in [-0.2, -0.15) is 18.2 Å². The minimum atomic E-state index is -4.59. The number of hydrogen-bond donors (Lipinski definition) is 1. The highest BCUT2D eigenvalue weighted by atomic mass is 32.2. The fraction of sp³-hybridized carbons (Fsp3) is 0.350. The van der Waals surface area contributed by atoms with Crippen molar-refractivity contribution in [3.8, 4) is 17.6 Å². The van der Waals surface area contributed by atoms with E-state index in [1.807, 2.05) is 0 Å². The average Bonchev–Trinajstić information content (AvgIpc) is 3.54. The van der Waals surface area contributed by atoms with Crippen molar-refractivity contribution in [2.75, 3.05) is 12.9 Å². The number of halogens is 3. The molecule has 0 radical (unpaired) electrons. The minimum Gasteiger partial charge on any atom is -0.454 e. The van der Waals surface area contributed by atoms with Crippen molar-refractivity contribution in [2.24, 2.45) is 5.92 Å². The lowest BCUT2D eigenvalue weighted by Gasteiger charge is -2.16. The summed E-state index contributed by atoms with van der Waals surface area (Å²) in [6.07, 6.45) is 0.457. The van der Waals surface area contributed by atoms with Crippen LogP contribution in [-0.4, -0.2) is 49.4 Å². The van der Waals surface area contributed by atoms with E-state index in [2.05, 4.69) is 20.0 Å². The second-order valence-electron chi connectivity index (χ2n) is 7.19. The van der Waals surface area contributed by atoms with Crippen molar-refractivity contribution >= 4 is 15.7 Å². The second kappa shape index (κ2) is 9.55. The highest BCUT2D eigenvalue weighted by Crippen LogP contribution is 2.34. The molecule has 1 aliphatic rings. The van der Waals surface area contributed by atoms with Crippen molar-refractivity contribution < 1.29 is 35.9 Å². The normalized spacial score (nSPS) is 15.4. The number of benzene rings is 1. The van der Waals surface area contributed by atoms with Crippen LogP contribution in [0.15, 0.2) is 48.0 Å². The van der Waals surface area contributed by atoms with Crippen molar-refractivity contribution in [2.45, 2.75) is 25.1 Å². The zero-order valence-electron chi connectivity index (χ0n) is 16.9. The van der Waals surface area contributed by atoms with Crippen LogP contribution < -0.4 is 14.8 Å². The molecule has 12 heteroatoms. The quantitative estimate of drug-likeness (QED) is 0.598. The van der Waals surface area contributed by atoms with E-state index >= 15 is 0 Å². The summed E-state index contributed by atoms with van der Waals surface area (Å²) in [5.41, 5.74) is -0.147. The Kier molecular flexibility index (Phi) is 7.02. The van der Waals surface area contributed by atoms with Crippen molar-refractivity contribution in [1.82, 2.24) is 15.3 Å². The zero-order chi connectivity index (χ0) is 23.4. The third-order valence-electron chi connectivity index (χ3n) is 4.26. The molecule has 1 fully saturated rings. The number of nitrogens with one attached hydrogen (secondary N) is 1. The third-order valence-corrected chi connectivity index (χ3v) is 4.91. The molecule has 1 heterocycles. The topological polar surface area (TPSA) is 107 Å². The van der Waals surface area contributed by atoms with Crippen LogP contribution >= 0.6 is 0 Å². The molecule has 172 valence electrons. The smallest absolute Gasteiger partial charge is 0.422 e. The van der Waals surface area contributed by atoms with Gasteiger partial charge in [-0.05, 0) is 30.9 Å². The maximum absolute atomic E-state index is 12.9. The van der Waals surface area contributed by atoms with Crippen LogP contribution in [0.2, 0.25) is 0 Å². The number of aromatic nitrogens is 2. The van der Waals surface area contributed by atoms with Gasteiger partial charge in [0.25, 0.3) is 5.91 Å². The monoisotopic (exact) mass is 471 g/mol. The van der Waals surface area contributed by atoms with Gasteiger partial charge >= 0.3 is 12.2 Å². The van der Waals surface area contributed by atoms with Crippen LogP contribution in [0.1, 0.15) is 23.2 Å². The predicted molar refractivity (Wildman–Crippen MR) is 108 cm³/mol. The molecule has 0 saturated heterocycles. The van der Waals surface area contributed by atoms with Crippen LogP contribution in [0, 0.1) is 5.92 Å². The van der Waals surface area contributed by atoms with E-state index < -0.39 is 40.6 Å². The molecule has 0 aliphatic heterocycles. The second-order valence-corrected chi connectivity index (χ2v) is 9.12. The summed E-state index contributed by atoms with van der Waals surface area (Å²) in [7, 11) is -3.39. The van der Waals surface area contributed by atoms with E-state index in [4.69, 9.17) is 4.74 Å². The van der Waals surface area contributed by atoms with Gasteiger partial charge in [0.15, 0.2) is 16.4 Å². The third kappa shape index (κ3) is 7.52. The lowest BCUT2D eigenvalue weighted by Crippen LogP contribution is -2.35. The first-order valence-corrected chi connectivity index (χ1v) is 11.4. The van der Waals surface area contributed by atoms with E-state index in [1.165, 1.54) is 6.08 Å². The van der Waals surface area contributed by atoms with Crippen LogP contribution in [0.25, 0.3) is 0 Å². The van der Waals surface area contributed by atoms with Gasteiger partial charge in [0.05, 0.1) is 12.2 Å². The number of carbonyl (C=O) groups is 1. The van der Waals surface area contributed by atoms with E-state index in [0.717, 1.165) is 30.7 Å². The Morgan fingerprint density at radius 1 is 1.28 bits per heavy atom. The first-order valence-electron chi connectivity index (χ1n) is 9.49. The summed E-state index contributed by atoms with van der Waals surface area (Å²) >= 11 is 0. The SMILES string of the molecule is CS(=O)(=O)/C=C/[C@@H](NC(=O)c1cnc(OCC(F)(F)F)nc1Oc1ccccc1)C1CC1. The van der Waals surface area contributed by atoms with E-state index in [0.29, 0.717) is 0 Å². The van der Waals surface area contributed by atoms with Gasteiger partial charge in [-0.15, -0.1) is 0 Å². The maximum atomic E-state index is 12.9. The zero-order valence-corrected chi connectivity index (χ0v) is 17.7. The van der Waals surface area contributed by atoms with Gasteiger partial charge in [0, 0.05) is 11.7 Å². The molecule has 8 nitrogen and oxygen atoms in total. The van der Waals surface area contributed by atoms with Gasteiger partial charge in [-0.1, -0.05) is 24.3 Å². The lowest BCUT2D eigenvalue weighted by atomic mass is 10.1. The predicted octanol–water partition coefficient (Wildman–Crippen LogP) is 3.28. The molecule has 32 heavy (non-hydrogen) atoms. The lowest BCUT2D eigenvalue weighted by molar-refractivity contribution is -0.154. The number of sulfone groups is 1. The van der Waals surface area contributed by atoms with Gasteiger partial charge in [0.1, 0.15) is 11.3 Å². The highest BCUT2D eigenvalue weighted by molar-refractivity contribution is 7.93. The van der Waals surface area contributed by atoms with Gasteiger partial charge in [0.2, 0.25) is 5.88 Å². The highest BCUT2D eigenvalue weighted by Gasteiger charge is 2.32. The first-order chi connectivity index (χ1) is 15.0. The van der Waals surface area contributed by atoms with Crippen LogP contribution in [-0.2, 0) is 9.84 Å². The fourth-order valence-electron chi connectivity index (χ4n) is 2.64. The average molecular weight is 471 g/mol. The molecule has 0 unspecified atom stereocenters. The maximum Gasteiger partial charge on any atom is 0.422 e. The van der Waals surface area contributed by atoms with E-state index in [-0.39, 0.29) is 23.1 Å². The van der Waals surface area contributed by atoms with Crippen LogP contribution in [0.3, 0.4) is 0 Å². The Balaban J connectivity index is 1.85. The van der Waals surface area contributed by atoms with Crippen LogP contribution in [0.4, 0.5) is 13.2 Å². The summed E-state index contributed by atoms with van der Waals surface area (Å²) in [5.74, 6) is -0.612. The molecule has 0 spiro atoms. The summed E-state index contributed by atoms with van der Waals surface area (Å²) in [5, 5.41) is 3.71. The molecule has 1 aromatic carbocycles. The molecule has 1 amide bonds. The van der Waals surface area contributed by atoms with E-state index in [1.54, 1.807) is 30.3 Å². The largest absolute Gasteiger partial charge is 0.454 e. The Bertz CT molecular complexity index is 1090. The van der Waals surface area contributed by atoms with Gasteiger partial charge in [-0.25, -0.2) is 13.4 Å². The van der Waals surface area contributed by atoms with Crippen molar-refractivity contribution in [3.05, 3.63) is 53.6 Å². The number of carbonyl (C=O) groups excluding carboxylic acids is 1. The van der Waals surface area contributed by atoms with Crippen LogP contribution in [0.5, 0.6) is 17.6 Å². The molecule has 1 saturated carbocycles. The molecule has 1 N–H and O–H groups in total. The summed E-state index contributed by atoms with van der Waals surface area (Å²) < 4.78 is 70.4. The summed E-state index contributed by atoms with van der Waals surface area (Å²) in [6.45, 7) is -1.61. The number of ether oxygens (including phenoxy) is 2. The molecule has 1 atom stereocenters. The molecule has 3 rings (SSSR count). The molecular weight excluding hydrogens is 451 g/mol. The van der Waals surface area contributed by atoms with Crippen molar-refractivity contribution in [1.29, 1.82) is 0 Å². The summed E-state index contributed by atoms with van der Waals surface area (Å²) in [6, 6.07) is 7.03. The molecule has 0 bridgehead atoms. The number of nitrogens with zero attached hydrogens (tertiary/aromatic N) is 2. The number of amides is 1. The Morgan fingerprint density at radius 3 is 2.56 bits per heavy atom. The number of rotatable bonds is 9. The molecule has 1 aliphatic carbocycles. The molecule has 1 aromatic heterocycles. The van der Waals surface area contributed by atoms with Gasteiger partial charge < -0.3 is 14.8 Å². The standard InChI is InChI=1S/C20H20F3N3O5S/c1-32(28,29)10-9-16(13-7-8-13)25-17(27)15-11-24-19(30-12-20(21,22)23)26-18(15)31-14-5-3-2-4-6-14/h2-6,9-11,13,16H,7-8,12H2,1H3,(H,25,27)/b10-9+/t16-/m1/s1. The van der Waals surface area contributed by atoms with Crippen molar-refractivity contribution in [3.63, 3.8) is 0 Å². The fourth-order valence-corrected chi connectivity index (χ4v) is 3.09. The van der Waals surface area contributed by atoms with Gasteiger partial charge in [-0.3, -0.25) is 4.79 Å². The molecular formula is C20H20F3N3O5S. The summed E-state index contributed by atoms with van der Waals surface area (Å²) in [4.78, 5) is 20.4. The van der Waals surface area contributed by atoms with E-state index in [9.17, 15) is 26.4 Å². The number of para-hydroxylation sites is 1. The Hall–Kier alpha value is -3.15. The first kappa shape index (κ1) is 23.5. The Morgan fingerprint density at radius 2 is 1.97 bits per heavy atom. The number of hydrogen-bond acceptors (Lipinski definition) is 7.